The topological polar surface area (TPSA) is 130 Å². The second kappa shape index (κ2) is 7.60. The first kappa shape index (κ1) is 17.3. The highest BCUT2D eigenvalue weighted by atomic mass is 16.5. The molecule has 0 saturated carbocycles. The molecular weight excluding hydrogens is 338 g/mol. The highest BCUT2D eigenvalue weighted by Gasteiger charge is 2.10. The number of para-hydroxylation sites is 2. The molecule has 0 bridgehead atoms. The lowest BCUT2D eigenvalue weighted by Crippen LogP contribution is -2.33. The summed E-state index contributed by atoms with van der Waals surface area (Å²) < 4.78 is 4.83. The molecule has 3 rings (SSSR count). The van der Waals surface area contributed by atoms with Gasteiger partial charge < -0.3 is 20.1 Å². The third kappa shape index (κ3) is 4.32. The van der Waals surface area contributed by atoms with E-state index >= 15 is 0 Å². The number of rotatable bonds is 6. The smallest absolute Gasteiger partial charge is 0.270 e. The van der Waals surface area contributed by atoms with E-state index in [1.165, 1.54) is 0 Å². The number of hydrogen-bond acceptors (Lipinski definition) is 6. The van der Waals surface area contributed by atoms with Crippen LogP contribution in [0.3, 0.4) is 0 Å². The Balaban J connectivity index is 1.50. The minimum Gasteiger partial charge on any atom is -0.360 e. The van der Waals surface area contributed by atoms with Crippen LogP contribution in [0.25, 0.3) is 11.0 Å². The van der Waals surface area contributed by atoms with Gasteiger partial charge in [0.15, 0.2) is 5.82 Å². The Morgan fingerprint density at radius 1 is 1.23 bits per heavy atom. The molecule has 2 amide bonds. The van der Waals surface area contributed by atoms with Gasteiger partial charge in [-0.3, -0.25) is 14.4 Å². The van der Waals surface area contributed by atoms with Gasteiger partial charge in [0, 0.05) is 18.9 Å². The number of aromatic amines is 1. The summed E-state index contributed by atoms with van der Waals surface area (Å²) in [4.78, 5) is 42.6. The number of amides is 2. The molecule has 1 aromatic carbocycles. The Morgan fingerprint density at radius 3 is 2.81 bits per heavy atom. The maximum absolute atomic E-state index is 12.0. The van der Waals surface area contributed by atoms with Crippen molar-refractivity contribution in [2.45, 2.75) is 19.8 Å². The van der Waals surface area contributed by atoms with E-state index in [4.69, 9.17) is 4.52 Å². The van der Waals surface area contributed by atoms with Crippen LogP contribution in [0.15, 0.2) is 39.6 Å². The van der Waals surface area contributed by atoms with Crippen LogP contribution in [-0.4, -0.2) is 33.5 Å². The van der Waals surface area contributed by atoms with Crippen molar-refractivity contribution in [1.29, 1.82) is 0 Å². The highest BCUT2D eigenvalue weighted by Crippen LogP contribution is 2.07. The molecule has 0 spiro atoms. The van der Waals surface area contributed by atoms with Crippen molar-refractivity contribution in [3.05, 3.63) is 52.1 Å². The molecule has 9 nitrogen and oxygen atoms in total. The van der Waals surface area contributed by atoms with Crippen LogP contribution in [0.2, 0.25) is 0 Å². The SMILES string of the molecule is Cc1cc(NC(=O)CNC(=O)CCc2nc3ccccc3[nH]c2=O)no1. The summed E-state index contributed by atoms with van der Waals surface area (Å²) >= 11 is 0. The first-order valence-electron chi connectivity index (χ1n) is 7.99. The van der Waals surface area contributed by atoms with Crippen molar-refractivity contribution in [3.63, 3.8) is 0 Å². The number of nitrogens with one attached hydrogen (secondary N) is 3. The molecule has 0 aliphatic rings. The Bertz CT molecular complexity index is 1010. The van der Waals surface area contributed by atoms with Crippen molar-refractivity contribution in [2.24, 2.45) is 0 Å². The average molecular weight is 355 g/mol. The number of H-pyrrole nitrogens is 1. The van der Waals surface area contributed by atoms with E-state index in [1.54, 1.807) is 31.2 Å². The van der Waals surface area contributed by atoms with Gasteiger partial charge in [-0.15, -0.1) is 0 Å². The van der Waals surface area contributed by atoms with E-state index in [0.717, 1.165) is 0 Å². The number of aromatic nitrogens is 3. The van der Waals surface area contributed by atoms with Crippen LogP contribution in [0.4, 0.5) is 5.82 Å². The normalized spacial score (nSPS) is 10.7. The first-order valence-corrected chi connectivity index (χ1v) is 7.99. The number of aryl methyl sites for hydroxylation is 2. The van der Waals surface area contributed by atoms with Crippen LogP contribution in [-0.2, 0) is 16.0 Å². The third-order valence-corrected chi connectivity index (χ3v) is 3.60. The summed E-state index contributed by atoms with van der Waals surface area (Å²) in [6.45, 7) is 1.50. The molecule has 0 saturated heterocycles. The Labute approximate surface area is 147 Å². The van der Waals surface area contributed by atoms with Crippen molar-refractivity contribution in [3.8, 4) is 0 Å². The summed E-state index contributed by atoms with van der Waals surface area (Å²) in [6.07, 6.45) is 0.223. The summed E-state index contributed by atoms with van der Waals surface area (Å²) in [7, 11) is 0. The molecule has 2 heterocycles. The zero-order valence-electron chi connectivity index (χ0n) is 14.0. The van der Waals surface area contributed by atoms with Gasteiger partial charge in [-0.1, -0.05) is 17.3 Å². The van der Waals surface area contributed by atoms with E-state index in [2.05, 4.69) is 25.8 Å². The van der Waals surface area contributed by atoms with Crippen molar-refractivity contribution in [1.82, 2.24) is 20.4 Å². The molecule has 9 heteroatoms. The molecule has 0 aliphatic carbocycles. The van der Waals surface area contributed by atoms with E-state index in [1.807, 2.05) is 6.07 Å². The number of hydrogen-bond donors (Lipinski definition) is 3. The largest absolute Gasteiger partial charge is 0.360 e. The van der Waals surface area contributed by atoms with Gasteiger partial charge in [0.1, 0.15) is 11.5 Å². The van der Waals surface area contributed by atoms with Gasteiger partial charge in [-0.25, -0.2) is 4.98 Å². The van der Waals surface area contributed by atoms with Crippen molar-refractivity contribution < 1.29 is 14.1 Å². The lowest BCUT2D eigenvalue weighted by Gasteiger charge is -2.05. The average Bonchev–Trinajstić information content (AvgIpc) is 3.02. The summed E-state index contributed by atoms with van der Waals surface area (Å²) in [5.74, 6) is 0.0743. The van der Waals surface area contributed by atoms with Gasteiger partial charge in [-0.05, 0) is 19.1 Å². The van der Waals surface area contributed by atoms with Crippen LogP contribution in [0, 0.1) is 6.92 Å². The predicted molar refractivity (Wildman–Crippen MR) is 93.6 cm³/mol. The maximum Gasteiger partial charge on any atom is 0.270 e. The Hall–Kier alpha value is -3.49. The lowest BCUT2D eigenvalue weighted by atomic mass is 10.2. The molecule has 3 aromatic rings. The standard InChI is InChI=1S/C17H17N5O4/c1-10-8-14(22-26-10)21-16(24)9-18-15(23)7-6-13-17(25)20-12-5-3-2-4-11(12)19-13/h2-5,8H,6-7,9H2,1H3,(H,18,23)(H,20,25)(H,21,22,24). The molecule has 3 N–H and O–H groups in total. The van der Waals surface area contributed by atoms with Gasteiger partial charge in [-0.2, -0.15) is 0 Å². The fourth-order valence-corrected chi connectivity index (χ4v) is 2.35. The second-order valence-electron chi connectivity index (χ2n) is 5.68. The van der Waals surface area contributed by atoms with Crippen LogP contribution >= 0.6 is 0 Å². The van der Waals surface area contributed by atoms with Gasteiger partial charge in [0.25, 0.3) is 5.56 Å². The Kier molecular flexibility index (Phi) is 5.07. The molecule has 2 aromatic heterocycles. The third-order valence-electron chi connectivity index (χ3n) is 3.60. The van der Waals surface area contributed by atoms with Gasteiger partial charge in [0.05, 0.1) is 17.6 Å². The molecule has 0 unspecified atom stereocenters. The molecule has 0 atom stereocenters. The van der Waals surface area contributed by atoms with Crippen molar-refractivity contribution >= 4 is 28.7 Å². The van der Waals surface area contributed by atoms with E-state index < -0.39 is 5.91 Å². The lowest BCUT2D eigenvalue weighted by molar-refractivity contribution is -0.124. The first-order chi connectivity index (χ1) is 12.5. The highest BCUT2D eigenvalue weighted by molar-refractivity contribution is 5.93. The van der Waals surface area contributed by atoms with E-state index in [-0.39, 0.29) is 42.4 Å². The number of nitrogens with zero attached hydrogens (tertiary/aromatic N) is 2. The fraction of sp³-hybridized carbons (Fsp3) is 0.235. The molecule has 0 radical (unpaired) electrons. The molecule has 0 aliphatic heterocycles. The minimum atomic E-state index is -0.423. The van der Waals surface area contributed by atoms with Gasteiger partial charge in [0.2, 0.25) is 11.8 Å². The Morgan fingerprint density at radius 2 is 2.04 bits per heavy atom. The molecule has 134 valence electrons. The number of anilines is 1. The van der Waals surface area contributed by atoms with Gasteiger partial charge >= 0.3 is 0 Å². The maximum atomic E-state index is 12.0. The molecular formula is C17H17N5O4. The molecule has 26 heavy (non-hydrogen) atoms. The van der Waals surface area contributed by atoms with E-state index in [9.17, 15) is 14.4 Å². The van der Waals surface area contributed by atoms with Crippen LogP contribution < -0.4 is 16.2 Å². The summed E-state index contributed by atoms with van der Waals surface area (Å²) in [5, 5.41) is 8.61. The zero-order chi connectivity index (χ0) is 18.5. The van der Waals surface area contributed by atoms with Crippen LogP contribution in [0.5, 0.6) is 0 Å². The van der Waals surface area contributed by atoms with Crippen molar-refractivity contribution in [2.75, 3.05) is 11.9 Å². The monoisotopic (exact) mass is 355 g/mol. The second-order valence-corrected chi connectivity index (χ2v) is 5.68. The summed E-state index contributed by atoms with van der Waals surface area (Å²) in [6, 6.07) is 8.73. The number of fused-ring (bicyclic) bond motifs is 1. The molecule has 0 fully saturated rings. The minimum absolute atomic E-state index is 0.0464. The summed E-state index contributed by atoms with van der Waals surface area (Å²) in [5.41, 5.74) is 1.26. The number of carbonyl (C=O) groups is 2. The number of benzene rings is 1. The quantitative estimate of drug-likeness (QED) is 0.602. The zero-order valence-corrected chi connectivity index (χ0v) is 14.0. The van der Waals surface area contributed by atoms with Crippen LogP contribution in [0.1, 0.15) is 17.9 Å². The predicted octanol–water partition coefficient (Wildman–Crippen LogP) is 0.907. The number of carbonyl (C=O) groups excluding carboxylic acids is 2. The van der Waals surface area contributed by atoms with E-state index in [0.29, 0.717) is 16.8 Å². The fourth-order valence-electron chi connectivity index (χ4n) is 2.35.